The molecule has 2 aromatic carbocycles. The SMILES string of the molecule is Br[C@@H](c1ccccc1)c1nnc(-c2ccccc2)o1. The fraction of sp³-hybridized carbons (Fsp3) is 0.0667. The number of aromatic nitrogens is 2. The van der Waals surface area contributed by atoms with Crippen molar-refractivity contribution in [2.24, 2.45) is 0 Å². The highest BCUT2D eigenvalue weighted by Crippen LogP contribution is 2.31. The van der Waals surface area contributed by atoms with Crippen LogP contribution in [0, 0.1) is 0 Å². The average Bonchev–Trinajstić information content (AvgIpc) is 2.98. The van der Waals surface area contributed by atoms with Crippen LogP contribution in [0.1, 0.15) is 16.3 Å². The maximum absolute atomic E-state index is 5.72. The van der Waals surface area contributed by atoms with Crippen LogP contribution in [0.4, 0.5) is 0 Å². The molecule has 0 aliphatic carbocycles. The predicted molar refractivity (Wildman–Crippen MR) is 76.9 cm³/mol. The number of nitrogens with zero attached hydrogens (tertiary/aromatic N) is 2. The number of halogens is 1. The highest BCUT2D eigenvalue weighted by molar-refractivity contribution is 9.09. The van der Waals surface area contributed by atoms with Gasteiger partial charge in [0.15, 0.2) is 0 Å². The first kappa shape index (κ1) is 12.1. The largest absolute Gasteiger partial charge is 0.419 e. The van der Waals surface area contributed by atoms with Gasteiger partial charge in [0.1, 0.15) is 4.83 Å². The van der Waals surface area contributed by atoms with E-state index in [0.717, 1.165) is 11.1 Å². The Morgan fingerprint density at radius 1 is 0.842 bits per heavy atom. The highest BCUT2D eigenvalue weighted by atomic mass is 79.9. The summed E-state index contributed by atoms with van der Waals surface area (Å²) in [6, 6.07) is 19.7. The third-order valence-electron chi connectivity index (χ3n) is 2.77. The number of hydrogen-bond acceptors (Lipinski definition) is 3. The fourth-order valence-corrected chi connectivity index (χ4v) is 2.29. The van der Waals surface area contributed by atoms with Crippen LogP contribution in [0.5, 0.6) is 0 Å². The van der Waals surface area contributed by atoms with Crippen molar-refractivity contribution in [1.29, 1.82) is 0 Å². The maximum atomic E-state index is 5.72. The molecule has 3 aromatic rings. The molecule has 0 fully saturated rings. The first-order chi connectivity index (χ1) is 9.34. The van der Waals surface area contributed by atoms with Crippen molar-refractivity contribution in [3.8, 4) is 11.5 Å². The van der Waals surface area contributed by atoms with E-state index in [1.54, 1.807) is 0 Å². The molecule has 0 amide bonds. The first-order valence-corrected chi connectivity index (χ1v) is 6.84. The van der Waals surface area contributed by atoms with Gasteiger partial charge in [-0.3, -0.25) is 0 Å². The summed E-state index contributed by atoms with van der Waals surface area (Å²) in [5.74, 6) is 1.10. The summed E-state index contributed by atoms with van der Waals surface area (Å²) in [7, 11) is 0. The summed E-state index contributed by atoms with van der Waals surface area (Å²) < 4.78 is 5.72. The van der Waals surface area contributed by atoms with E-state index in [0.29, 0.717) is 11.8 Å². The van der Waals surface area contributed by atoms with E-state index < -0.39 is 0 Å². The zero-order valence-electron chi connectivity index (χ0n) is 10.0. The number of alkyl halides is 1. The lowest BCUT2D eigenvalue weighted by Crippen LogP contribution is -1.92. The molecule has 0 aliphatic rings. The van der Waals surface area contributed by atoms with Crippen molar-refractivity contribution in [1.82, 2.24) is 10.2 Å². The van der Waals surface area contributed by atoms with E-state index in [2.05, 4.69) is 26.1 Å². The van der Waals surface area contributed by atoms with Gasteiger partial charge in [-0.1, -0.05) is 64.5 Å². The number of benzene rings is 2. The lowest BCUT2D eigenvalue weighted by Gasteiger charge is -2.04. The number of hydrogen-bond donors (Lipinski definition) is 0. The van der Waals surface area contributed by atoms with Gasteiger partial charge >= 0.3 is 0 Å². The highest BCUT2D eigenvalue weighted by Gasteiger charge is 2.17. The molecule has 0 spiro atoms. The van der Waals surface area contributed by atoms with Gasteiger partial charge in [0.05, 0.1) is 0 Å². The standard InChI is InChI=1S/C15H11BrN2O/c16-13(11-7-3-1-4-8-11)15-18-17-14(19-15)12-9-5-2-6-10-12/h1-10,13H/t13-/m0/s1. The molecule has 0 N–H and O–H groups in total. The first-order valence-electron chi connectivity index (χ1n) is 5.92. The van der Waals surface area contributed by atoms with Crippen molar-refractivity contribution in [3.05, 3.63) is 72.1 Å². The van der Waals surface area contributed by atoms with E-state index in [-0.39, 0.29) is 4.83 Å². The minimum absolute atomic E-state index is 0.0846. The van der Waals surface area contributed by atoms with Crippen LogP contribution >= 0.6 is 15.9 Å². The van der Waals surface area contributed by atoms with Crippen LogP contribution in [0.3, 0.4) is 0 Å². The Morgan fingerprint density at radius 3 is 2.16 bits per heavy atom. The molecule has 3 rings (SSSR count). The van der Waals surface area contributed by atoms with Crippen LogP contribution in [0.25, 0.3) is 11.5 Å². The summed E-state index contributed by atoms with van der Waals surface area (Å²) >= 11 is 3.58. The van der Waals surface area contributed by atoms with Gasteiger partial charge in [-0.25, -0.2) is 0 Å². The maximum Gasteiger partial charge on any atom is 0.247 e. The zero-order valence-corrected chi connectivity index (χ0v) is 11.6. The normalized spacial score (nSPS) is 12.3. The van der Waals surface area contributed by atoms with E-state index in [4.69, 9.17) is 4.42 Å². The molecule has 0 unspecified atom stereocenters. The summed E-state index contributed by atoms with van der Waals surface area (Å²) in [6.07, 6.45) is 0. The summed E-state index contributed by atoms with van der Waals surface area (Å²) in [5, 5.41) is 8.19. The molecule has 3 nitrogen and oxygen atoms in total. The van der Waals surface area contributed by atoms with Crippen molar-refractivity contribution in [2.75, 3.05) is 0 Å². The molecule has 1 heterocycles. The van der Waals surface area contributed by atoms with Gasteiger partial charge in [0.2, 0.25) is 11.8 Å². The molecule has 0 saturated carbocycles. The summed E-state index contributed by atoms with van der Waals surface area (Å²) in [5.41, 5.74) is 2.01. The summed E-state index contributed by atoms with van der Waals surface area (Å²) in [4.78, 5) is -0.0846. The van der Waals surface area contributed by atoms with Crippen LogP contribution in [0.15, 0.2) is 65.1 Å². The van der Waals surface area contributed by atoms with Crippen LogP contribution in [0.2, 0.25) is 0 Å². The monoisotopic (exact) mass is 314 g/mol. The minimum Gasteiger partial charge on any atom is -0.419 e. The molecule has 1 atom stereocenters. The van der Waals surface area contributed by atoms with Gasteiger partial charge < -0.3 is 4.42 Å². The minimum atomic E-state index is -0.0846. The van der Waals surface area contributed by atoms with E-state index in [9.17, 15) is 0 Å². The molecular weight excluding hydrogens is 304 g/mol. The van der Waals surface area contributed by atoms with Crippen LogP contribution in [-0.4, -0.2) is 10.2 Å². The van der Waals surface area contributed by atoms with E-state index in [1.807, 2.05) is 60.7 Å². The Bertz CT molecular complexity index is 652. The molecule has 4 heteroatoms. The quantitative estimate of drug-likeness (QED) is 0.679. The number of rotatable bonds is 3. The molecule has 0 saturated heterocycles. The third kappa shape index (κ3) is 2.58. The van der Waals surface area contributed by atoms with E-state index >= 15 is 0 Å². The predicted octanol–water partition coefficient (Wildman–Crippen LogP) is 4.22. The van der Waals surface area contributed by atoms with Crippen molar-refractivity contribution in [3.63, 3.8) is 0 Å². The molecule has 19 heavy (non-hydrogen) atoms. The second-order valence-electron chi connectivity index (χ2n) is 4.08. The lowest BCUT2D eigenvalue weighted by atomic mass is 10.1. The topological polar surface area (TPSA) is 38.9 Å². The van der Waals surface area contributed by atoms with Gasteiger partial charge in [-0.05, 0) is 17.7 Å². The summed E-state index contributed by atoms with van der Waals surface area (Å²) in [6.45, 7) is 0. The van der Waals surface area contributed by atoms with E-state index in [1.165, 1.54) is 0 Å². The molecular formula is C15H11BrN2O. The fourth-order valence-electron chi connectivity index (χ4n) is 1.80. The van der Waals surface area contributed by atoms with Gasteiger partial charge in [-0.2, -0.15) is 0 Å². The zero-order chi connectivity index (χ0) is 13.1. The Labute approximate surface area is 119 Å². The lowest BCUT2D eigenvalue weighted by molar-refractivity contribution is 0.517. The molecule has 0 aliphatic heterocycles. The average molecular weight is 315 g/mol. The smallest absolute Gasteiger partial charge is 0.247 e. The second-order valence-corrected chi connectivity index (χ2v) is 5.00. The molecule has 0 bridgehead atoms. The van der Waals surface area contributed by atoms with Crippen molar-refractivity contribution in [2.45, 2.75) is 4.83 Å². The van der Waals surface area contributed by atoms with Crippen molar-refractivity contribution < 1.29 is 4.42 Å². The van der Waals surface area contributed by atoms with Crippen LogP contribution < -0.4 is 0 Å². The van der Waals surface area contributed by atoms with Gasteiger partial charge in [0.25, 0.3) is 0 Å². The Balaban J connectivity index is 1.90. The van der Waals surface area contributed by atoms with Gasteiger partial charge in [0, 0.05) is 5.56 Å². The van der Waals surface area contributed by atoms with Crippen LogP contribution in [-0.2, 0) is 0 Å². The second kappa shape index (κ2) is 5.36. The third-order valence-corrected chi connectivity index (χ3v) is 3.69. The molecule has 94 valence electrons. The Hall–Kier alpha value is -1.94. The molecule has 1 aromatic heterocycles. The Morgan fingerprint density at radius 2 is 1.47 bits per heavy atom. The van der Waals surface area contributed by atoms with Crippen molar-refractivity contribution >= 4 is 15.9 Å². The molecule has 0 radical (unpaired) electrons. The Kier molecular flexibility index (Phi) is 3.42. The van der Waals surface area contributed by atoms with Gasteiger partial charge in [-0.15, -0.1) is 10.2 Å².